The number of rotatable bonds is 8. The molecule has 0 amide bonds. The number of unbranched alkanes of at least 4 members (excludes halogenated alkanes) is 3. The van der Waals surface area contributed by atoms with E-state index >= 15 is 0 Å². The maximum atomic E-state index is 6.99. The second kappa shape index (κ2) is 9.00. The Morgan fingerprint density at radius 1 is 0.913 bits per heavy atom. The molecule has 2 nitrogen and oxygen atoms in total. The van der Waals surface area contributed by atoms with Crippen LogP contribution in [0.5, 0.6) is 5.75 Å². The van der Waals surface area contributed by atoms with E-state index in [1.807, 2.05) is 36.4 Å². The van der Waals surface area contributed by atoms with Crippen molar-refractivity contribution in [2.45, 2.75) is 52.1 Å². The standard InChI is InChI=1S/C21H25NO/c1-4-5-6-7-8-17(2)23-21-15-11-19(12-16-21)18-9-13-20(22-3)14-10-18/h9-17H,4-8H2,1-2H3/t17-/m1/s1. The minimum Gasteiger partial charge on any atom is -0.491 e. The van der Waals surface area contributed by atoms with Crippen LogP contribution in [0.4, 0.5) is 5.69 Å². The molecular formula is C21H25NO. The van der Waals surface area contributed by atoms with Gasteiger partial charge in [0.1, 0.15) is 5.75 Å². The molecule has 0 aliphatic rings. The van der Waals surface area contributed by atoms with Crippen LogP contribution in [0.3, 0.4) is 0 Å². The van der Waals surface area contributed by atoms with Crippen molar-refractivity contribution in [2.24, 2.45) is 0 Å². The summed E-state index contributed by atoms with van der Waals surface area (Å²) < 4.78 is 5.98. The van der Waals surface area contributed by atoms with E-state index in [4.69, 9.17) is 11.3 Å². The molecular weight excluding hydrogens is 282 g/mol. The van der Waals surface area contributed by atoms with Crippen LogP contribution in [-0.4, -0.2) is 6.10 Å². The van der Waals surface area contributed by atoms with Gasteiger partial charge in [-0.2, -0.15) is 0 Å². The first-order valence-electron chi connectivity index (χ1n) is 8.47. The van der Waals surface area contributed by atoms with Crippen molar-refractivity contribution in [1.29, 1.82) is 0 Å². The molecule has 0 aliphatic heterocycles. The zero-order chi connectivity index (χ0) is 16.5. The molecule has 0 aromatic heterocycles. The second-order valence-electron chi connectivity index (χ2n) is 5.96. The van der Waals surface area contributed by atoms with Crippen LogP contribution in [0.15, 0.2) is 48.5 Å². The van der Waals surface area contributed by atoms with Crippen molar-refractivity contribution >= 4 is 5.69 Å². The molecule has 0 fully saturated rings. The summed E-state index contributed by atoms with van der Waals surface area (Å²) in [4.78, 5) is 3.42. The van der Waals surface area contributed by atoms with Gasteiger partial charge in [-0.15, -0.1) is 0 Å². The summed E-state index contributed by atoms with van der Waals surface area (Å²) in [7, 11) is 0. The summed E-state index contributed by atoms with van der Waals surface area (Å²) >= 11 is 0. The molecule has 0 saturated heterocycles. The van der Waals surface area contributed by atoms with Crippen molar-refractivity contribution in [2.75, 3.05) is 0 Å². The highest BCUT2D eigenvalue weighted by Crippen LogP contribution is 2.25. The fraction of sp³-hybridized carbons (Fsp3) is 0.381. The molecule has 23 heavy (non-hydrogen) atoms. The summed E-state index contributed by atoms with van der Waals surface area (Å²) in [5.41, 5.74) is 2.94. The lowest BCUT2D eigenvalue weighted by Gasteiger charge is -2.15. The van der Waals surface area contributed by atoms with E-state index in [0.717, 1.165) is 23.3 Å². The van der Waals surface area contributed by atoms with Crippen LogP contribution in [-0.2, 0) is 0 Å². The van der Waals surface area contributed by atoms with Gasteiger partial charge in [0, 0.05) is 0 Å². The van der Waals surface area contributed by atoms with E-state index in [-0.39, 0.29) is 6.10 Å². The lowest BCUT2D eigenvalue weighted by molar-refractivity contribution is 0.206. The monoisotopic (exact) mass is 307 g/mol. The van der Waals surface area contributed by atoms with Crippen LogP contribution in [0.1, 0.15) is 46.0 Å². The first kappa shape index (κ1) is 17.1. The van der Waals surface area contributed by atoms with Gasteiger partial charge in [-0.05, 0) is 43.0 Å². The van der Waals surface area contributed by atoms with Gasteiger partial charge < -0.3 is 4.74 Å². The summed E-state index contributed by atoms with van der Waals surface area (Å²) in [6.45, 7) is 11.4. The first-order chi connectivity index (χ1) is 11.2. The van der Waals surface area contributed by atoms with Crippen LogP contribution < -0.4 is 4.74 Å². The SMILES string of the molecule is [C-]#[N+]c1ccc(-c2ccc(O[C@H](C)CCCCCC)cc2)cc1. The molecule has 120 valence electrons. The lowest BCUT2D eigenvalue weighted by atomic mass is 10.1. The van der Waals surface area contributed by atoms with Crippen LogP contribution in [0, 0.1) is 6.57 Å². The highest BCUT2D eigenvalue weighted by atomic mass is 16.5. The van der Waals surface area contributed by atoms with E-state index in [2.05, 4.69) is 30.8 Å². The fourth-order valence-electron chi connectivity index (χ4n) is 2.60. The Bertz CT molecular complexity index is 622. The smallest absolute Gasteiger partial charge is 0.187 e. The molecule has 0 saturated carbocycles. The highest BCUT2D eigenvalue weighted by molar-refractivity contribution is 5.66. The van der Waals surface area contributed by atoms with Gasteiger partial charge in [-0.3, -0.25) is 0 Å². The summed E-state index contributed by atoms with van der Waals surface area (Å²) in [6, 6.07) is 15.9. The van der Waals surface area contributed by atoms with Crippen molar-refractivity contribution in [3.05, 3.63) is 59.9 Å². The summed E-state index contributed by atoms with van der Waals surface area (Å²) in [5, 5.41) is 0. The number of nitrogens with zero attached hydrogens (tertiary/aromatic N) is 1. The first-order valence-corrected chi connectivity index (χ1v) is 8.47. The van der Waals surface area contributed by atoms with Crippen LogP contribution in [0.2, 0.25) is 0 Å². The van der Waals surface area contributed by atoms with E-state index in [1.54, 1.807) is 0 Å². The number of hydrogen-bond donors (Lipinski definition) is 0. The molecule has 2 heteroatoms. The van der Waals surface area contributed by atoms with Gasteiger partial charge in [-0.25, -0.2) is 4.85 Å². The molecule has 0 bridgehead atoms. The van der Waals surface area contributed by atoms with Crippen molar-refractivity contribution in [1.82, 2.24) is 0 Å². The van der Waals surface area contributed by atoms with Gasteiger partial charge in [0.05, 0.1) is 12.7 Å². The minimum atomic E-state index is 0.260. The molecule has 0 heterocycles. The highest BCUT2D eigenvalue weighted by Gasteiger charge is 2.05. The van der Waals surface area contributed by atoms with Crippen LogP contribution in [0.25, 0.3) is 16.0 Å². The molecule has 2 aromatic carbocycles. The average Bonchev–Trinajstić information content (AvgIpc) is 2.59. The topological polar surface area (TPSA) is 13.6 Å². The molecule has 2 aromatic rings. The Kier molecular flexibility index (Phi) is 6.69. The fourth-order valence-corrected chi connectivity index (χ4v) is 2.60. The van der Waals surface area contributed by atoms with Crippen LogP contribution >= 0.6 is 0 Å². The summed E-state index contributed by atoms with van der Waals surface area (Å²) in [5.74, 6) is 0.925. The normalized spacial score (nSPS) is 11.7. The number of ether oxygens (including phenoxy) is 1. The van der Waals surface area contributed by atoms with Gasteiger partial charge in [0.2, 0.25) is 0 Å². The van der Waals surface area contributed by atoms with Gasteiger partial charge in [0.15, 0.2) is 5.69 Å². The maximum absolute atomic E-state index is 6.99. The van der Waals surface area contributed by atoms with Crippen molar-refractivity contribution in [3.63, 3.8) is 0 Å². The molecule has 0 unspecified atom stereocenters. The molecule has 0 radical (unpaired) electrons. The van der Waals surface area contributed by atoms with E-state index in [1.165, 1.54) is 25.7 Å². The maximum Gasteiger partial charge on any atom is 0.187 e. The summed E-state index contributed by atoms with van der Waals surface area (Å²) in [6.07, 6.45) is 6.49. The quantitative estimate of drug-likeness (QED) is 0.393. The largest absolute Gasteiger partial charge is 0.491 e. The zero-order valence-corrected chi connectivity index (χ0v) is 14.1. The molecule has 1 atom stereocenters. The molecule has 0 spiro atoms. The van der Waals surface area contributed by atoms with E-state index < -0.39 is 0 Å². The Balaban J connectivity index is 1.90. The van der Waals surface area contributed by atoms with Gasteiger partial charge in [-0.1, -0.05) is 62.6 Å². The predicted octanol–water partition coefficient (Wildman–Crippen LogP) is 6.64. The molecule has 2 rings (SSSR count). The van der Waals surface area contributed by atoms with E-state index in [9.17, 15) is 0 Å². The van der Waals surface area contributed by atoms with Gasteiger partial charge in [0.25, 0.3) is 0 Å². The Labute approximate surface area is 139 Å². The van der Waals surface area contributed by atoms with Gasteiger partial charge >= 0.3 is 0 Å². The number of hydrogen-bond acceptors (Lipinski definition) is 1. The Morgan fingerprint density at radius 2 is 1.52 bits per heavy atom. The lowest BCUT2D eigenvalue weighted by Crippen LogP contribution is -2.11. The third-order valence-electron chi connectivity index (χ3n) is 3.99. The third kappa shape index (κ3) is 5.45. The van der Waals surface area contributed by atoms with E-state index in [0.29, 0.717) is 5.69 Å². The zero-order valence-electron chi connectivity index (χ0n) is 14.1. The molecule has 0 aliphatic carbocycles. The number of benzene rings is 2. The molecule has 0 N–H and O–H groups in total. The van der Waals surface area contributed by atoms with Crippen molar-refractivity contribution < 1.29 is 4.74 Å². The average molecular weight is 307 g/mol. The Morgan fingerprint density at radius 3 is 2.09 bits per heavy atom. The van der Waals surface area contributed by atoms with Crippen molar-refractivity contribution in [3.8, 4) is 16.9 Å². The Hall–Kier alpha value is -2.27. The minimum absolute atomic E-state index is 0.260. The third-order valence-corrected chi connectivity index (χ3v) is 3.99. The second-order valence-corrected chi connectivity index (χ2v) is 5.96. The predicted molar refractivity (Wildman–Crippen MR) is 97.0 cm³/mol.